The molecule has 0 aliphatic carbocycles. The fraction of sp³-hybridized carbons (Fsp3) is 0.0833. The number of rotatable bonds is 2. The van der Waals surface area contributed by atoms with Gasteiger partial charge in [-0.05, 0) is 29.8 Å². The molecule has 1 heterocycles. The zero-order valence-corrected chi connectivity index (χ0v) is 9.04. The number of benzene rings is 1. The van der Waals surface area contributed by atoms with Crippen LogP contribution in [0.25, 0.3) is 10.4 Å². The molecule has 0 fully saturated rings. The lowest BCUT2D eigenvalue weighted by Gasteiger charge is -2.01. The van der Waals surface area contributed by atoms with Crippen molar-refractivity contribution in [2.24, 2.45) is 0 Å². The summed E-state index contributed by atoms with van der Waals surface area (Å²) in [6.45, 7) is 0. The van der Waals surface area contributed by atoms with Crippen molar-refractivity contribution < 1.29 is 4.74 Å². The topological polar surface area (TPSA) is 33.0 Å². The van der Waals surface area contributed by atoms with Crippen LogP contribution in [0.15, 0.2) is 36.4 Å². The molecule has 1 aromatic heterocycles. The van der Waals surface area contributed by atoms with Crippen LogP contribution in [-0.4, -0.2) is 7.11 Å². The van der Waals surface area contributed by atoms with Gasteiger partial charge in [-0.25, -0.2) is 0 Å². The lowest BCUT2D eigenvalue weighted by atomic mass is 10.2. The Labute approximate surface area is 92.4 Å². The van der Waals surface area contributed by atoms with E-state index in [1.54, 1.807) is 7.11 Å². The second-order valence-corrected chi connectivity index (χ2v) is 4.09. The molecule has 1 aromatic carbocycles. The fourth-order valence-corrected chi connectivity index (χ4v) is 2.13. The van der Waals surface area contributed by atoms with E-state index in [1.165, 1.54) is 11.3 Å². The van der Waals surface area contributed by atoms with Crippen LogP contribution < -0.4 is 4.74 Å². The molecule has 74 valence electrons. The molecule has 0 aliphatic rings. The van der Waals surface area contributed by atoms with Crippen LogP contribution in [0.2, 0.25) is 0 Å². The summed E-state index contributed by atoms with van der Waals surface area (Å²) in [6, 6.07) is 13.7. The Morgan fingerprint density at radius 1 is 1.27 bits per heavy atom. The van der Waals surface area contributed by atoms with E-state index in [4.69, 9.17) is 10.00 Å². The highest BCUT2D eigenvalue weighted by atomic mass is 32.1. The molecule has 0 unspecified atom stereocenters. The summed E-state index contributed by atoms with van der Waals surface area (Å²) in [4.78, 5) is 1.82. The maximum atomic E-state index is 8.73. The normalized spacial score (nSPS) is 9.60. The zero-order chi connectivity index (χ0) is 10.7. The molecule has 2 nitrogen and oxygen atoms in total. The average molecular weight is 215 g/mol. The van der Waals surface area contributed by atoms with Crippen molar-refractivity contribution in [3.63, 3.8) is 0 Å². The van der Waals surface area contributed by atoms with Crippen LogP contribution in [0.4, 0.5) is 0 Å². The minimum atomic E-state index is 0.729. The molecule has 2 aromatic rings. The molecule has 0 saturated heterocycles. The smallest absolute Gasteiger partial charge is 0.119 e. The number of hydrogen-bond acceptors (Lipinski definition) is 3. The monoisotopic (exact) mass is 215 g/mol. The molecule has 0 radical (unpaired) electrons. The van der Waals surface area contributed by atoms with Gasteiger partial charge in [0.05, 0.1) is 7.11 Å². The highest BCUT2D eigenvalue weighted by Crippen LogP contribution is 2.29. The van der Waals surface area contributed by atoms with Crippen LogP contribution in [-0.2, 0) is 0 Å². The number of thiophene rings is 1. The van der Waals surface area contributed by atoms with Crippen LogP contribution >= 0.6 is 11.3 Å². The van der Waals surface area contributed by atoms with Gasteiger partial charge in [0.25, 0.3) is 0 Å². The van der Waals surface area contributed by atoms with Gasteiger partial charge >= 0.3 is 0 Å². The highest BCUT2D eigenvalue weighted by Gasteiger charge is 2.03. The zero-order valence-electron chi connectivity index (χ0n) is 8.23. The Balaban J connectivity index is 2.41. The first kappa shape index (κ1) is 9.75. The molecule has 3 heteroatoms. The van der Waals surface area contributed by atoms with Crippen molar-refractivity contribution in [3.05, 3.63) is 41.3 Å². The maximum Gasteiger partial charge on any atom is 0.119 e. The molecule has 0 atom stereocenters. The molecule has 0 amide bonds. The summed E-state index contributed by atoms with van der Waals surface area (Å²) in [7, 11) is 1.65. The van der Waals surface area contributed by atoms with Crippen molar-refractivity contribution >= 4 is 11.3 Å². The van der Waals surface area contributed by atoms with E-state index >= 15 is 0 Å². The minimum Gasteiger partial charge on any atom is -0.497 e. The Hall–Kier alpha value is -1.79. The quantitative estimate of drug-likeness (QED) is 0.770. The molecule has 0 aliphatic heterocycles. The second-order valence-electron chi connectivity index (χ2n) is 3.01. The van der Waals surface area contributed by atoms with Gasteiger partial charge in [0.1, 0.15) is 16.7 Å². The lowest BCUT2D eigenvalue weighted by molar-refractivity contribution is 0.415. The summed E-state index contributed by atoms with van der Waals surface area (Å²) < 4.78 is 5.15. The number of ether oxygens (including phenoxy) is 1. The largest absolute Gasteiger partial charge is 0.497 e. The number of hydrogen-bond donors (Lipinski definition) is 0. The van der Waals surface area contributed by atoms with Crippen molar-refractivity contribution in [3.8, 4) is 22.3 Å². The van der Waals surface area contributed by atoms with Crippen LogP contribution in [0.5, 0.6) is 5.75 Å². The minimum absolute atomic E-state index is 0.729. The molecule has 2 rings (SSSR count). The summed E-state index contributed by atoms with van der Waals surface area (Å²) in [6.07, 6.45) is 0. The summed E-state index contributed by atoms with van der Waals surface area (Å²) in [5.74, 6) is 0.833. The van der Waals surface area contributed by atoms with Gasteiger partial charge in [-0.2, -0.15) is 5.26 Å². The van der Waals surface area contributed by atoms with Crippen molar-refractivity contribution in [1.82, 2.24) is 0 Å². The first-order valence-electron chi connectivity index (χ1n) is 4.48. The van der Waals surface area contributed by atoms with E-state index < -0.39 is 0 Å². The second kappa shape index (κ2) is 4.16. The van der Waals surface area contributed by atoms with Crippen LogP contribution in [0.1, 0.15) is 4.88 Å². The average Bonchev–Trinajstić information content (AvgIpc) is 2.78. The molecular formula is C12H9NOS. The third-order valence-corrected chi connectivity index (χ3v) is 3.11. The Morgan fingerprint density at radius 3 is 2.80 bits per heavy atom. The predicted molar refractivity (Wildman–Crippen MR) is 61.0 cm³/mol. The van der Waals surface area contributed by atoms with Gasteiger partial charge in [0, 0.05) is 4.88 Å². The molecular weight excluding hydrogens is 206 g/mol. The summed E-state index contributed by atoms with van der Waals surface area (Å²) in [5.41, 5.74) is 1.08. The molecule has 0 bridgehead atoms. The standard InChI is InChI=1S/C12H9NOS/c1-14-10-4-2-3-9(7-10)12-6-5-11(8-13)15-12/h2-7H,1H3. The van der Waals surface area contributed by atoms with E-state index in [0.29, 0.717) is 0 Å². The lowest BCUT2D eigenvalue weighted by Crippen LogP contribution is -1.81. The number of nitrogens with zero attached hydrogens (tertiary/aromatic N) is 1. The maximum absolute atomic E-state index is 8.73. The van der Waals surface area contributed by atoms with Gasteiger partial charge in [-0.15, -0.1) is 11.3 Å². The predicted octanol–water partition coefficient (Wildman–Crippen LogP) is 3.30. The third kappa shape index (κ3) is 2.00. The van der Waals surface area contributed by atoms with Gasteiger partial charge in [0.15, 0.2) is 0 Å². The van der Waals surface area contributed by atoms with Gasteiger partial charge in [-0.1, -0.05) is 12.1 Å². The fourth-order valence-electron chi connectivity index (χ4n) is 1.33. The molecule has 0 saturated carbocycles. The van der Waals surface area contributed by atoms with E-state index in [9.17, 15) is 0 Å². The van der Waals surface area contributed by atoms with Gasteiger partial charge < -0.3 is 4.74 Å². The number of nitriles is 1. The number of methoxy groups -OCH3 is 1. The molecule has 0 N–H and O–H groups in total. The van der Waals surface area contributed by atoms with Gasteiger partial charge in [-0.3, -0.25) is 0 Å². The van der Waals surface area contributed by atoms with Crippen LogP contribution in [0.3, 0.4) is 0 Å². The Kier molecular flexibility index (Phi) is 2.70. The van der Waals surface area contributed by atoms with Gasteiger partial charge in [0.2, 0.25) is 0 Å². The third-order valence-electron chi connectivity index (χ3n) is 2.07. The molecule has 15 heavy (non-hydrogen) atoms. The van der Waals surface area contributed by atoms with Crippen molar-refractivity contribution in [1.29, 1.82) is 5.26 Å². The first-order valence-corrected chi connectivity index (χ1v) is 5.29. The summed E-state index contributed by atoms with van der Waals surface area (Å²) >= 11 is 1.49. The SMILES string of the molecule is COc1cccc(-c2ccc(C#N)s2)c1. The van der Waals surface area contributed by atoms with E-state index in [-0.39, 0.29) is 0 Å². The highest BCUT2D eigenvalue weighted by molar-refractivity contribution is 7.16. The van der Waals surface area contributed by atoms with E-state index in [0.717, 1.165) is 21.1 Å². The van der Waals surface area contributed by atoms with Crippen molar-refractivity contribution in [2.45, 2.75) is 0 Å². The Bertz CT molecular complexity index is 510. The Morgan fingerprint density at radius 2 is 2.13 bits per heavy atom. The summed E-state index contributed by atoms with van der Waals surface area (Å²) in [5, 5.41) is 8.73. The van der Waals surface area contributed by atoms with Crippen molar-refractivity contribution in [2.75, 3.05) is 7.11 Å². The first-order chi connectivity index (χ1) is 7.33. The van der Waals surface area contributed by atoms with E-state index in [1.807, 2.05) is 36.4 Å². The molecule has 0 spiro atoms. The van der Waals surface area contributed by atoms with Crippen LogP contribution in [0, 0.1) is 11.3 Å². The van der Waals surface area contributed by atoms with E-state index in [2.05, 4.69) is 6.07 Å².